The van der Waals surface area contributed by atoms with Gasteiger partial charge in [0.05, 0.1) is 16.8 Å². The lowest BCUT2D eigenvalue weighted by atomic mass is 10.0. The SMILES string of the molecule is CCN(CC)CCNC(=O)c1c(C)[nH]c(/C=C2\C(=O)Nc3ccc(-c4csc(-c5ccc(C)cc5)n4)cc32)c1C. The fourth-order valence-electron chi connectivity index (χ4n) is 5.08. The Morgan fingerprint density at radius 2 is 1.77 bits per heavy atom. The molecular weight excluding hydrogens is 518 g/mol. The summed E-state index contributed by atoms with van der Waals surface area (Å²) in [5, 5.41) is 9.03. The summed E-state index contributed by atoms with van der Waals surface area (Å²) in [7, 11) is 0. The molecule has 0 saturated carbocycles. The van der Waals surface area contributed by atoms with Gasteiger partial charge in [-0.2, -0.15) is 0 Å². The molecule has 0 bridgehead atoms. The second-order valence-corrected chi connectivity index (χ2v) is 11.0. The minimum Gasteiger partial charge on any atom is -0.358 e. The van der Waals surface area contributed by atoms with Crippen molar-refractivity contribution in [2.45, 2.75) is 34.6 Å². The van der Waals surface area contributed by atoms with E-state index in [0.717, 1.165) is 69.7 Å². The van der Waals surface area contributed by atoms with Gasteiger partial charge >= 0.3 is 0 Å². The number of benzene rings is 2. The Kier molecular flexibility index (Phi) is 8.00. The summed E-state index contributed by atoms with van der Waals surface area (Å²) in [6.45, 7) is 13.4. The van der Waals surface area contributed by atoms with Gasteiger partial charge in [-0.25, -0.2) is 4.98 Å². The van der Waals surface area contributed by atoms with Gasteiger partial charge < -0.3 is 20.5 Å². The number of thiazole rings is 1. The van der Waals surface area contributed by atoms with E-state index in [2.05, 4.69) is 65.6 Å². The van der Waals surface area contributed by atoms with E-state index in [1.807, 2.05) is 43.5 Å². The van der Waals surface area contributed by atoms with Crippen LogP contribution in [0.3, 0.4) is 0 Å². The highest BCUT2D eigenvalue weighted by Crippen LogP contribution is 2.38. The summed E-state index contributed by atoms with van der Waals surface area (Å²) in [5.41, 5.74) is 9.26. The Morgan fingerprint density at radius 1 is 1.05 bits per heavy atom. The Labute approximate surface area is 239 Å². The van der Waals surface area contributed by atoms with Crippen molar-refractivity contribution in [2.75, 3.05) is 31.5 Å². The molecule has 0 atom stereocenters. The van der Waals surface area contributed by atoms with Gasteiger partial charge in [-0.15, -0.1) is 11.3 Å². The van der Waals surface area contributed by atoms with Crippen molar-refractivity contribution in [1.29, 1.82) is 0 Å². The lowest BCUT2D eigenvalue weighted by Crippen LogP contribution is -2.35. The van der Waals surface area contributed by atoms with Crippen LogP contribution in [0.25, 0.3) is 33.5 Å². The average molecular weight is 554 g/mol. The molecule has 2 aromatic carbocycles. The van der Waals surface area contributed by atoms with E-state index in [4.69, 9.17) is 4.98 Å². The first-order chi connectivity index (χ1) is 19.3. The number of anilines is 1. The maximum Gasteiger partial charge on any atom is 0.256 e. The van der Waals surface area contributed by atoms with Gasteiger partial charge in [0, 0.05) is 52.2 Å². The minimum absolute atomic E-state index is 0.102. The zero-order chi connectivity index (χ0) is 28.4. The Balaban J connectivity index is 1.40. The monoisotopic (exact) mass is 553 g/mol. The molecule has 0 radical (unpaired) electrons. The highest BCUT2D eigenvalue weighted by atomic mass is 32.1. The Hall–Kier alpha value is -4.01. The number of aryl methyl sites for hydroxylation is 2. The van der Waals surface area contributed by atoms with Gasteiger partial charge in [-0.1, -0.05) is 49.7 Å². The van der Waals surface area contributed by atoms with Crippen LogP contribution in [0.5, 0.6) is 0 Å². The number of rotatable bonds is 9. The molecule has 3 heterocycles. The molecule has 0 fully saturated rings. The lowest BCUT2D eigenvalue weighted by molar-refractivity contribution is -0.110. The molecule has 1 aliphatic rings. The number of carbonyl (C=O) groups excluding carboxylic acids is 2. The summed E-state index contributed by atoms with van der Waals surface area (Å²) in [6.07, 6.45) is 1.85. The zero-order valence-corrected chi connectivity index (χ0v) is 24.5. The number of fused-ring (bicyclic) bond motifs is 1. The largest absolute Gasteiger partial charge is 0.358 e. The molecule has 8 heteroatoms. The number of nitrogens with zero attached hydrogens (tertiary/aromatic N) is 2. The number of amides is 2. The van der Waals surface area contributed by atoms with Gasteiger partial charge in [0.25, 0.3) is 11.8 Å². The van der Waals surface area contributed by atoms with E-state index in [1.165, 1.54) is 5.56 Å². The normalized spacial score (nSPS) is 13.7. The van der Waals surface area contributed by atoms with Crippen LogP contribution in [0.1, 0.15) is 52.3 Å². The third kappa shape index (κ3) is 5.50. The van der Waals surface area contributed by atoms with E-state index >= 15 is 0 Å². The third-order valence-electron chi connectivity index (χ3n) is 7.50. The van der Waals surface area contributed by atoms with Crippen LogP contribution < -0.4 is 10.6 Å². The summed E-state index contributed by atoms with van der Waals surface area (Å²) >= 11 is 1.61. The maximum absolute atomic E-state index is 13.0. The van der Waals surface area contributed by atoms with Crippen LogP contribution in [0, 0.1) is 20.8 Å². The molecule has 40 heavy (non-hydrogen) atoms. The van der Waals surface area contributed by atoms with Crippen LogP contribution in [0.4, 0.5) is 5.69 Å². The smallest absolute Gasteiger partial charge is 0.256 e. The molecule has 2 aromatic heterocycles. The standard InChI is InChI=1S/C32H35N5O2S/c1-6-37(7-2)15-14-33-31(39)29-20(4)27(34-21(29)5)17-25-24-16-23(12-13-26(24)35-30(25)38)28-18-40-32(36-28)22-10-8-19(3)9-11-22/h8-13,16-18,34H,6-7,14-15H2,1-5H3,(H,33,39)(H,35,38)/b25-17-. The van der Waals surface area contributed by atoms with Gasteiger partial charge in [0.2, 0.25) is 0 Å². The summed E-state index contributed by atoms with van der Waals surface area (Å²) in [6, 6.07) is 14.3. The molecule has 0 saturated heterocycles. The topological polar surface area (TPSA) is 90.1 Å². The van der Waals surface area contributed by atoms with Crippen LogP contribution in [0.2, 0.25) is 0 Å². The van der Waals surface area contributed by atoms with Crippen molar-refractivity contribution in [3.8, 4) is 21.8 Å². The molecule has 1 aliphatic heterocycles. The van der Waals surface area contributed by atoms with Crippen LogP contribution in [-0.2, 0) is 4.79 Å². The second-order valence-electron chi connectivity index (χ2n) is 10.1. The number of hydrogen-bond acceptors (Lipinski definition) is 5. The fourth-order valence-corrected chi connectivity index (χ4v) is 5.92. The van der Waals surface area contributed by atoms with E-state index in [9.17, 15) is 9.59 Å². The predicted octanol–water partition coefficient (Wildman–Crippen LogP) is 6.29. The van der Waals surface area contributed by atoms with Gasteiger partial charge in [0.1, 0.15) is 5.01 Å². The van der Waals surface area contributed by atoms with Crippen molar-refractivity contribution in [1.82, 2.24) is 20.2 Å². The molecular formula is C32H35N5O2S. The summed E-state index contributed by atoms with van der Waals surface area (Å²) < 4.78 is 0. The van der Waals surface area contributed by atoms with Gasteiger partial charge in [0.15, 0.2) is 0 Å². The number of H-pyrrole nitrogens is 1. The molecule has 0 unspecified atom stereocenters. The van der Waals surface area contributed by atoms with Crippen molar-refractivity contribution < 1.29 is 9.59 Å². The average Bonchev–Trinajstić information content (AvgIpc) is 3.63. The van der Waals surface area contributed by atoms with E-state index < -0.39 is 0 Å². The first kappa shape index (κ1) is 27.6. The first-order valence-electron chi connectivity index (χ1n) is 13.7. The molecule has 5 rings (SSSR count). The number of hydrogen-bond donors (Lipinski definition) is 3. The van der Waals surface area contributed by atoms with Crippen molar-refractivity contribution in [2.24, 2.45) is 0 Å². The molecule has 0 spiro atoms. The highest BCUT2D eigenvalue weighted by Gasteiger charge is 2.26. The number of aromatic nitrogens is 2. The molecule has 3 N–H and O–H groups in total. The fraction of sp³-hybridized carbons (Fsp3) is 0.281. The Bertz CT molecular complexity index is 1590. The van der Waals surface area contributed by atoms with E-state index in [1.54, 1.807) is 11.3 Å². The molecule has 0 aliphatic carbocycles. The summed E-state index contributed by atoms with van der Waals surface area (Å²) in [5.74, 6) is -0.267. The van der Waals surface area contributed by atoms with Crippen LogP contribution in [-0.4, -0.2) is 52.9 Å². The number of likely N-dealkylation sites (N-methyl/N-ethyl adjacent to an activating group) is 1. The molecule has 206 valence electrons. The maximum atomic E-state index is 13.0. The zero-order valence-electron chi connectivity index (χ0n) is 23.6. The second kappa shape index (κ2) is 11.6. The van der Waals surface area contributed by atoms with Crippen LogP contribution in [0.15, 0.2) is 47.8 Å². The van der Waals surface area contributed by atoms with E-state index in [-0.39, 0.29) is 11.8 Å². The van der Waals surface area contributed by atoms with Crippen molar-refractivity contribution in [3.05, 3.63) is 81.5 Å². The number of aromatic amines is 1. The lowest BCUT2D eigenvalue weighted by Gasteiger charge is -2.18. The highest BCUT2D eigenvalue weighted by molar-refractivity contribution is 7.13. The summed E-state index contributed by atoms with van der Waals surface area (Å²) in [4.78, 5) is 36.5. The molecule has 7 nitrogen and oxygen atoms in total. The Morgan fingerprint density at radius 3 is 2.50 bits per heavy atom. The van der Waals surface area contributed by atoms with E-state index in [0.29, 0.717) is 17.7 Å². The molecule has 4 aromatic rings. The van der Waals surface area contributed by atoms with Crippen molar-refractivity contribution >= 4 is 40.5 Å². The molecule has 2 amide bonds. The van der Waals surface area contributed by atoms with Crippen molar-refractivity contribution in [3.63, 3.8) is 0 Å². The first-order valence-corrected chi connectivity index (χ1v) is 14.6. The third-order valence-corrected chi connectivity index (χ3v) is 8.39. The predicted molar refractivity (Wildman–Crippen MR) is 165 cm³/mol. The quantitative estimate of drug-likeness (QED) is 0.212. The van der Waals surface area contributed by atoms with Gasteiger partial charge in [-0.05, 0) is 57.6 Å². The number of nitrogens with one attached hydrogen (secondary N) is 3. The van der Waals surface area contributed by atoms with Gasteiger partial charge in [-0.3, -0.25) is 9.59 Å². The number of carbonyl (C=O) groups is 2. The minimum atomic E-state index is -0.164. The van der Waals surface area contributed by atoms with Crippen LogP contribution >= 0.6 is 11.3 Å².